The number of urea groups is 1. The molecule has 2 atom stereocenters. The summed E-state index contributed by atoms with van der Waals surface area (Å²) < 4.78 is 7.13. The van der Waals surface area contributed by atoms with Crippen molar-refractivity contribution in [2.75, 3.05) is 7.11 Å². The predicted molar refractivity (Wildman–Crippen MR) is 94.6 cm³/mol. The highest BCUT2D eigenvalue weighted by molar-refractivity contribution is 5.74. The van der Waals surface area contributed by atoms with E-state index in [1.807, 2.05) is 42.8 Å². The molecule has 7 nitrogen and oxygen atoms in total. The van der Waals surface area contributed by atoms with Crippen LogP contribution >= 0.6 is 0 Å². The third kappa shape index (κ3) is 4.29. The van der Waals surface area contributed by atoms with Gasteiger partial charge in [0.15, 0.2) is 0 Å². The van der Waals surface area contributed by atoms with Gasteiger partial charge in [0.2, 0.25) is 0 Å². The van der Waals surface area contributed by atoms with Crippen molar-refractivity contribution in [3.8, 4) is 5.75 Å². The zero-order valence-electron chi connectivity index (χ0n) is 15.0. The normalized spacial score (nSPS) is 17.5. The van der Waals surface area contributed by atoms with Crippen LogP contribution in [0.3, 0.4) is 0 Å². The number of benzene rings is 1. The fraction of sp³-hybridized carbons (Fsp3) is 0.500. The first-order chi connectivity index (χ1) is 12.0. The van der Waals surface area contributed by atoms with Crippen LogP contribution in [-0.4, -0.2) is 33.9 Å². The first-order valence-electron chi connectivity index (χ1n) is 8.66. The standard InChI is InChI=1S/C18H25N5O2/c1-12(10-14-6-4-7-15(11-14)25-3)19-18(24)21-16-8-5-9-23-17(16)20-13(2)22-23/h4,6-7,11-12,16H,5,8-10H2,1-3H3,(H2,19,21,24)/t12-,16+/m1/s1. The van der Waals surface area contributed by atoms with E-state index in [9.17, 15) is 4.79 Å². The molecule has 1 aliphatic rings. The fourth-order valence-corrected chi connectivity index (χ4v) is 3.23. The maximum atomic E-state index is 12.3. The summed E-state index contributed by atoms with van der Waals surface area (Å²) >= 11 is 0. The highest BCUT2D eigenvalue weighted by Crippen LogP contribution is 2.22. The second-order valence-corrected chi connectivity index (χ2v) is 6.51. The van der Waals surface area contributed by atoms with Crippen molar-refractivity contribution in [2.45, 2.75) is 51.7 Å². The second kappa shape index (κ2) is 7.55. The average molecular weight is 343 g/mol. The summed E-state index contributed by atoms with van der Waals surface area (Å²) in [5.41, 5.74) is 1.13. The Morgan fingerprint density at radius 1 is 1.48 bits per heavy atom. The van der Waals surface area contributed by atoms with Crippen LogP contribution < -0.4 is 15.4 Å². The summed E-state index contributed by atoms with van der Waals surface area (Å²) in [4.78, 5) is 16.8. The molecule has 0 aliphatic carbocycles. The largest absolute Gasteiger partial charge is 0.497 e. The Labute approximate surface area is 147 Å². The molecule has 2 amide bonds. The first kappa shape index (κ1) is 17.3. The van der Waals surface area contributed by atoms with Gasteiger partial charge < -0.3 is 15.4 Å². The van der Waals surface area contributed by atoms with Crippen molar-refractivity contribution >= 4 is 6.03 Å². The molecule has 134 valence electrons. The van der Waals surface area contributed by atoms with Gasteiger partial charge in [0.05, 0.1) is 13.2 Å². The van der Waals surface area contributed by atoms with Gasteiger partial charge in [-0.2, -0.15) is 5.10 Å². The van der Waals surface area contributed by atoms with E-state index in [0.717, 1.165) is 48.8 Å². The maximum Gasteiger partial charge on any atom is 0.315 e. The summed E-state index contributed by atoms with van der Waals surface area (Å²) in [6.07, 6.45) is 2.61. The van der Waals surface area contributed by atoms with E-state index in [4.69, 9.17) is 4.74 Å². The molecule has 0 radical (unpaired) electrons. The number of hydrogen-bond donors (Lipinski definition) is 2. The number of nitrogens with one attached hydrogen (secondary N) is 2. The molecule has 25 heavy (non-hydrogen) atoms. The molecule has 0 fully saturated rings. The Balaban J connectivity index is 1.55. The minimum absolute atomic E-state index is 0.00954. The first-order valence-corrected chi connectivity index (χ1v) is 8.66. The predicted octanol–water partition coefficient (Wildman–Crippen LogP) is 2.36. The van der Waals surface area contributed by atoms with E-state index in [1.54, 1.807) is 7.11 Å². The molecule has 1 aromatic carbocycles. The number of fused-ring (bicyclic) bond motifs is 1. The van der Waals surface area contributed by atoms with E-state index < -0.39 is 0 Å². The van der Waals surface area contributed by atoms with Crippen LogP contribution in [0.1, 0.15) is 43.0 Å². The number of carbonyl (C=O) groups is 1. The average Bonchev–Trinajstić information content (AvgIpc) is 2.96. The number of hydrogen-bond acceptors (Lipinski definition) is 4. The van der Waals surface area contributed by atoms with Crippen LogP contribution in [0.4, 0.5) is 4.79 Å². The Hall–Kier alpha value is -2.57. The van der Waals surface area contributed by atoms with E-state index in [-0.39, 0.29) is 18.1 Å². The third-order valence-electron chi connectivity index (χ3n) is 4.34. The number of methoxy groups -OCH3 is 1. The molecule has 1 aliphatic heterocycles. The van der Waals surface area contributed by atoms with Crippen LogP contribution in [0.5, 0.6) is 5.75 Å². The lowest BCUT2D eigenvalue weighted by molar-refractivity contribution is 0.229. The molecule has 2 N–H and O–H groups in total. The van der Waals surface area contributed by atoms with Gasteiger partial charge >= 0.3 is 6.03 Å². The summed E-state index contributed by atoms with van der Waals surface area (Å²) in [7, 11) is 1.65. The maximum absolute atomic E-state index is 12.3. The minimum Gasteiger partial charge on any atom is -0.497 e. The lowest BCUT2D eigenvalue weighted by atomic mass is 10.1. The monoisotopic (exact) mass is 343 g/mol. The molecule has 3 rings (SSSR count). The highest BCUT2D eigenvalue weighted by atomic mass is 16.5. The molecule has 0 saturated carbocycles. The van der Waals surface area contributed by atoms with E-state index in [0.29, 0.717) is 0 Å². The van der Waals surface area contributed by atoms with Gasteiger partial charge in [0.1, 0.15) is 17.4 Å². The minimum atomic E-state index is -0.172. The van der Waals surface area contributed by atoms with Gasteiger partial charge in [0, 0.05) is 12.6 Å². The van der Waals surface area contributed by atoms with Gasteiger partial charge in [-0.1, -0.05) is 12.1 Å². The van der Waals surface area contributed by atoms with E-state index in [1.165, 1.54) is 0 Å². The van der Waals surface area contributed by atoms with Gasteiger partial charge in [-0.15, -0.1) is 0 Å². The Morgan fingerprint density at radius 3 is 3.12 bits per heavy atom. The summed E-state index contributed by atoms with van der Waals surface area (Å²) in [5.74, 6) is 2.42. The fourth-order valence-electron chi connectivity index (χ4n) is 3.23. The highest BCUT2D eigenvalue weighted by Gasteiger charge is 2.25. The van der Waals surface area contributed by atoms with E-state index >= 15 is 0 Å². The van der Waals surface area contributed by atoms with Crippen molar-refractivity contribution in [2.24, 2.45) is 0 Å². The van der Waals surface area contributed by atoms with Crippen molar-refractivity contribution < 1.29 is 9.53 Å². The van der Waals surface area contributed by atoms with Crippen molar-refractivity contribution in [1.82, 2.24) is 25.4 Å². The van der Waals surface area contributed by atoms with Gasteiger partial charge in [-0.25, -0.2) is 14.5 Å². The van der Waals surface area contributed by atoms with Crippen molar-refractivity contribution in [1.29, 1.82) is 0 Å². The van der Waals surface area contributed by atoms with Crippen LogP contribution in [0.15, 0.2) is 24.3 Å². The molecule has 0 spiro atoms. The molecule has 2 heterocycles. The topological polar surface area (TPSA) is 81.1 Å². The lowest BCUT2D eigenvalue weighted by Gasteiger charge is -2.24. The molecular weight excluding hydrogens is 318 g/mol. The van der Waals surface area contributed by atoms with Crippen LogP contribution in [0.25, 0.3) is 0 Å². The zero-order chi connectivity index (χ0) is 17.8. The molecule has 0 saturated heterocycles. The number of rotatable bonds is 5. The van der Waals surface area contributed by atoms with E-state index in [2.05, 4.69) is 20.7 Å². The second-order valence-electron chi connectivity index (χ2n) is 6.51. The van der Waals surface area contributed by atoms with Crippen molar-refractivity contribution in [3.05, 3.63) is 41.5 Å². The molecule has 7 heteroatoms. The number of aromatic nitrogens is 3. The molecule has 0 unspecified atom stereocenters. The SMILES string of the molecule is COc1cccc(C[C@@H](C)NC(=O)N[C@H]2CCCn3nc(C)nc32)c1. The Bertz CT molecular complexity index is 743. The number of ether oxygens (including phenoxy) is 1. The molecule has 0 bridgehead atoms. The summed E-state index contributed by atoms with van der Waals surface area (Å²) in [5, 5.41) is 10.4. The Kier molecular flexibility index (Phi) is 5.21. The zero-order valence-corrected chi connectivity index (χ0v) is 15.0. The van der Waals surface area contributed by atoms with Crippen molar-refractivity contribution in [3.63, 3.8) is 0 Å². The third-order valence-corrected chi connectivity index (χ3v) is 4.34. The smallest absolute Gasteiger partial charge is 0.315 e. The van der Waals surface area contributed by atoms with Gasteiger partial charge in [0.25, 0.3) is 0 Å². The summed E-state index contributed by atoms with van der Waals surface area (Å²) in [6.45, 7) is 4.73. The van der Waals surface area contributed by atoms with Crippen LogP contribution in [0, 0.1) is 6.92 Å². The van der Waals surface area contributed by atoms with Crippen LogP contribution in [-0.2, 0) is 13.0 Å². The molecule has 1 aromatic heterocycles. The molecular formula is C18H25N5O2. The van der Waals surface area contributed by atoms with Gasteiger partial charge in [-0.3, -0.25) is 0 Å². The summed E-state index contributed by atoms with van der Waals surface area (Å²) in [6, 6.07) is 7.64. The Morgan fingerprint density at radius 2 is 2.32 bits per heavy atom. The number of nitrogens with zero attached hydrogens (tertiary/aromatic N) is 3. The lowest BCUT2D eigenvalue weighted by Crippen LogP contribution is -2.44. The molecule has 2 aromatic rings. The number of amides is 2. The number of carbonyl (C=O) groups excluding carboxylic acids is 1. The number of aryl methyl sites for hydroxylation is 2. The quantitative estimate of drug-likeness (QED) is 0.873. The van der Waals surface area contributed by atoms with Crippen LogP contribution in [0.2, 0.25) is 0 Å². The van der Waals surface area contributed by atoms with Gasteiger partial charge in [-0.05, 0) is 50.8 Å².